The van der Waals surface area contributed by atoms with Crippen LogP contribution in [0.25, 0.3) is 11.4 Å². The average Bonchev–Trinajstić information content (AvgIpc) is 2.97. The number of carbonyl (C=O) groups is 1. The van der Waals surface area contributed by atoms with E-state index in [-0.39, 0.29) is 17.9 Å². The maximum absolute atomic E-state index is 11.5. The highest BCUT2D eigenvalue weighted by Gasteiger charge is 2.29. The first-order valence-electron chi connectivity index (χ1n) is 7.19. The van der Waals surface area contributed by atoms with Gasteiger partial charge >= 0.3 is 0 Å². The molecule has 3 rings (SSSR count). The van der Waals surface area contributed by atoms with E-state index in [1.807, 2.05) is 30.3 Å². The number of benzene rings is 1. The number of aromatic nitrogens is 2. The molecule has 0 radical (unpaired) electrons. The summed E-state index contributed by atoms with van der Waals surface area (Å²) >= 11 is 1.33. The predicted molar refractivity (Wildman–Crippen MR) is 83.9 cm³/mol. The van der Waals surface area contributed by atoms with Crippen molar-refractivity contribution < 1.29 is 4.79 Å². The zero-order valence-corrected chi connectivity index (χ0v) is 12.5. The van der Waals surface area contributed by atoms with Crippen LogP contribution >= 0.6 is 11.5 Å². The van der Waals surface area contributed by atoms with Gasteiger partial charge in [-0.15, -0.1) is 0 Å². The minimum absolute atomic E-state index is 0.0767. The van der Waals surface area contributed by atoms with E-state index < -0.39 is 0 Å². The van der Waals surface area contributed by atoms with Gasteiger partial charge in [0.2, 0.25) is 11.0 Å². The molecule has 6 heteroatoms. The molecule has 1 aromatic carbocycles. The summed E-state index contributed by atoms with van der Waals surface area (Å²) in [7, 11) is 0. The number of carbonyl (C=O) groups excluding carboxylic acids is 1. The first-order valence-corrected chi connectivity index (χ1v) is 7.96. The molecular weight excluding hydrogens is 284 g/mol. The van der Waals surface area contributed by atoms with Crippen molar-refractivity contribution in [3.63, 3.8) is 0 Å². The molecule has 2 unspecified atom stereocenters. The molecular formula is C15H18N4OS. The van der Waals surface area contributed by atoms with E-state index >= 15 is 0 Å². The van der Waals surface area contributed by atoms with Crippen molar-refractivity contribution in [2.45, 2.75) is 31.7 Å². The van der Waals surface area contributed by atoms with Gasteiger partial charge in [-0.1, -0.05) is 43.2 Å². The zero-order valence-electron chi connectivity index (χ0n) is 11.7. The van der Waals surface area contributed by atoms with Crippen LogP contribution in [0.5, 0.6) is 0 Å². The maximum atomic E-state index is 11.5. The Kier molecular flexibility index (Phi) is 4.15. The van der Waals surface area contributed by atoms with Crippen LogP contribution in [0.3, 0.4) is 0 Å². The van der Waals surface area contributed by atoms with Crippen LogP contribution in [0, 0.1) is 5.92 Å². The Morgan fingerprint density at radius 2 is 2.00 bits per heavy atom. The van der Waals surface area contributed by atoms with Gasteiger partial charge in [0.05, 0.1) is 5.92 Å². The van der Waals surface area contributed by atoms with Gasteiger partial charge in [-0.05, 0) is 12.8 Å². The van der Waals surface area contributed by atoms with Crippen molar-refractivity contribution in [1.29, 1.82) is 0 Å². The molecule has 1 aliphatic carbocycles. The van der Waals surface area contributed by atoms with E-state index in [0.717, 1.165) is 42.2 Å². The minimum Gasteiger partial charge on any atom is -0.369 e. The van der Waals surface area contributed by atoms with Crippen molar-refractivity contribution in [2.75, 3.05) is 5.32 Å². The highest BCUT2D eigenvalue weighted by molar-refractivity contribution is 7.09. The fraction of sp³-hybridized carbons (Fsp3) is 0.400. The van der Waals surface area contributed by atoms with E-state index in [0.29, 0.717) is 0 Å². The third-order valence-electron chi connectivity index (χ3n) is 3.90. The van der Waals surface area contributed by atoms with Gasteiger partial charge in [-0.2, -0.15) is 9.36 Å². The second-order valence-corrected chi connectivity index (χ2v) is 6.09. The summed E-state index contributed by atoms with van der Waals surface area (Å²) in [4.78, 5) is 16.0. The van der Waals surface area contributed by atoms with E-state index in [2.05, 4.69) is 14.7 Å². The fourth-order valence-corrected chi connectivity index (χ4v) is 3.44. The number of amides is 1. The summed E-state index contributed by atoms with van der Waals surface area (Å²) in [6.07, 6.45) is 3.99. The number of rotatable bonds is 4. The van der Waals surface area contributed by atoms with Gasteiger partial charge in [0.15, 0.2) is 5.82 Å². The molecule has 1 aliphatic rings. The fourth-order valence-electron chi connectivity index (χ4n) is 2.79. The second-order valence-electron chi connectivity index (χ2n) is 5.33. The van der Waals surface area contributed by atoms with Gasteiger partial charge in [-0.3, -0.25) is 4.79 Å². The Hall–Kier alpha value is -1.95. The third-order valence-corrected chi connectivity index (χ3v) is 4.54. The van der Waals surface area contributed by atoms with Crippen LogP contribution < -0.4 is 11.1 Å². The van der Waals surface area contributed by atoms with Crippen molar-refractivity contribution >= 4 is 22.6 Å². The number of hydrogen-bond donors (Lipinski definition) is 2. The van der Waals surface area contributed by atoms with Crippen LogP contribution in [-0.4, -0.2) is 21.3 Å². The summed E-state index contributed by atoms with van der Waals surface area (Å²) in [5, 5.41) is 4.10. The molecule has 0 saturated heterocycles. The normalized spacial score (nSPS) is 21.9. The molecule has 21 heavy (non-hydrogen) atoms. The first-order chi connectivity index (χ1) is 10.2. The molecule has 0 bridgehead atoms. The molecule has 0 spiro atoms. The summed E-state index contributed by atoms with van der Waals surface area (Å²) in [5.41, 5.74) is 6.49. The molecule has 110 valence electrons. The molecule has 2 atom stereocenters. The van der Waals surface area contributed by atoms with E-state index in [4.69, 9.17) is 5.73 Å². The number of anilines is 1. The summed E-state index contributed by atoms with van der Waals surface area (Å²) in [5.74, 6) is 0.386. The monoisotopic (exact) mass is 302 g/mol. The quantitative estimate of drug-likeness (QED) is 0.910. The highest BCUT2D eigenvalue weighted by atomic mass is 32.1. The SMILES string of the molecule is NC(=O)C1CCCCC1Nc1nc(-c2ccccc2)ns1. The highest BCUT2D eigenvalue weighted by Crippen LogP contribution is 2.28. The van der Waals surface area contributed by atoms with Crippen LogP contribution in [-0.2, 0) is 4.79 Å². The van der Waals surface area contributed by atoms with Crippen molar-refractivity contribution in [3.05, 3.63) is 30.3 Å². The second kappa shape index (κ2) is 6.22. The first kappa shape index (κ1) is 14.0. The van der Waals surface area contributed by atoms with E-state index in [9.17, 15) is 4.79 Å². The van der Waals surface area contributed by atoms with Crippen LogP contribution in [0.1, 0.15) is 25.7 Å². The Morgan fingerprint density at radius 3 is 2.76 bits per heavy atom. The number of hydrogen-bond acceptors (Lipinski definition) is 5. The minimum atomic E-state index is -0.222. The summed E-state index contributed by atoms with van der Waals surface area (Å²) in [6, 6.07) is 9.95. The Labute approximate surface area is 127 Å². The van der Waals surface area contributed by atoms with Gasteiger partial charge in [-0.25, -0.2) is 0 Å². The molecule has 1 aromatic heterocycles. The number of nitrogens with one attached hydrogen (secondary N) is 1. The van der Waals surface area contributed by atoms with Gasteiger partial charge in [0.1, 0.15) is 0 Å². The molecule has 2 aromatic rings. The summed E-state index contributed by atoms with van der Waals surface area (Å²) < 4.78 is 4.37. The maximum Gasteiger partial charge on any atom is 0.222 e. The molecule has 0 aliphatic heterocycles. The Balaban J connectivity index is 1.73. The topological polar surface area (TPSA) is 80.9 Å². The van der Waals surface area contributed by atoms with E-state index in [1.165, 1.54) is 11.5 Å². The Bertz CT molecular complexity index is 613. The average molecular weight is 302 g/mol. The van der Waals surface area contributed by atoms with Crippen molar-refractivity contribution in [2.24, 2.45) is 11.7 Å². The van der Waals surface area contributed by atoms with Crippen LogP contribution in [0.4, 0.5) is 5.13 Å². The van der Waals surface area contributed by atoms with Crippen molar-refractivity contribution in [1.82, 2.24) is 9.36 Å². The lowest BCUT2D eigenvalue weighted by molar-refractivity contribution is -0.122. The molecule has 1 fully saturated rings. The van der Waals surface area contributed by atoms with Gasteiger partial charge in [0.25, 0.3) is 0 Å². The molecule has 1 saturated carbocycles. The number of primary amides is 1. The molecule has 5 nitrogen and oxygen atoms in total. The smallest absolute Gasteiger partial charge is 0.222 e. The zero-order chi connectivity index (χ0) is 14.7. The van der Waals surface area contributed by atoms with E-state index in [1.54, 1.807) is 0 Å². The largest absolute Gasteiger partial charge is 0.369 e. The standard InChI is InChI=1S/C15H18N4OS/c16-13(20)11-8-4-5-9-12(11)17-15-18-14(19-21-15)10-6-2-1-3-7-10/h1-3,6-7,11-12H,4-5,8-9H2,(H2,16,20)(H,17,18,19). The van der Waals surface area contributed by atoms with Gasteiger partial charge in [0, 0.05) is 23.1 Å². The molecule has 1 heterocycles. The van der Waals surface area contributed by atoms with Crippen LogP contribution in [0.15, 0.2) is 30.3 Å². The lowest BCUT2D eigenvalue weighted by Gasteiger charge is -2.29. The summed E-state index contributed by atoms with van der Waals surface area (Å²) in [6.45, 7) is 0. The van der Waals surface area contributed by atoms with Gasteiger partial charge < -0.3 is 11.1 Å². The number of nitrogens with zero attached hydrogens (tertiary/aromatic N) is 2. The van der Waals surface area contributed by atoms with Crippen molar-refractivity contribution in [3.8, 4) is 11.4 Å². The third kappa shape index (κ3) is 3.21. The lowest BCUT2D eigenvalue weighted by atomic mass is 9.84. The molecule has 1 amide bonds. The molecule has 3 N–H and O–H groups in total. The Morgan fingerprint density at radius 1 is 1.24 bits per heavy atom. The predicted octanol–water partition coefficient (Wildman–Crippen LogP) is 2.66. The van der Waals surface area contributed by atoms with Crippen LogP contribution in [0.2, 0.25) is 0 Å². The number of nitrogens with two attached hydrogens (primary N) is 1. The lowest BCUT2D eigenvalue weighted by Crippen LogP contribution is -2.40.